The smallest absolute Gasteiger partial charge is 0.188 e. The minimum atomic E-state index is 0.454. The van der Waals surface area contributed by atoms with Crippen molar-refractivity contribution >= 4 is 5.96 Å². The zero-order valence-corrected chi connectivity index (χ0v) is 11.1. The van der Waals surface area contributed by atoms with Crippen LogP contribution in [0.2, 0.25) is 0 Å². The Kier molecular flexibility index (Phi) is 6.79. The summed E-state index contributed by atoms with van der Waals surface area (Å²) in [5, 5.41) is 3.05. The number of nitrogens with two attached hydrogens (primary N) is 1. The third-order valence-electron chi connectivity index (χ3n) is 2.33. The maximum atomic E-state index is 5.74. The van der Waals surface area contributed by atoms with E-state index in [1.54, 1.807) is 0 Å². The second-order valence-electron chi connectivity index (χ2n) is 3.95. The van der Waals surface area contributed by atoms with Crippen LogP contribution in [0.25, 0.3) is 0 Å². The molecule has 0 radical (unpaired) electrons. The number of aliphatic imine (C=N–C) groups is 1. The first-order valence-electron chi connectivity index (χ1n) is 6.26. The van der Waals surface area contributed by atoms with Gasteiger partial charge in [-0.05, 0) is 32.4 Å². The summed E-state index contributed by atoms with van der Waals surface area (Å²) in [6.07, 6.45) is 0.923. The molecule has 0 aliphatic carbocycles. The fourth-order valence-corrected chi connectivity index (χ4v) is 1.44. The molecule has 0 aliphatic rings. The number of nitrogens with one attached hydrogen (secondary N) is 1. The molecule has 0 spiro atoms. The minimum absolute atomic E-state index is 0.454. The van der Waals surface area contributed by atoms with E-state index in [1.807, 2.05) is 32.0 Å². The molecule has 3 N–H and O–H groups in total. The van der Waals surface area contributed by atoms with Gasteiger partial charge in [0, 0.05) is 25.5 Å². The minimum Gasteiger partial charge on any atom is -0.382 e. The van der Waals surface area contributed by atoms with Gasteiger partial charge < -0.3 is 15.8 Å². The molecule has 0 fully saturated rings. The zero-order valence-electron chi connectivity index (χ0n) is 11.1. The number of aryl methyl sites for hydroxylation is 1. The Labute approximate surface area is 108 Å². The zero-order chi connectivity index (χ0) is 13.2. The highest BCUT2D eigenvalue weighted by Gasteiger charge is 1.95. The molecule has 18 heavy (non-hydrogen) atoms. The Bertz CT molecular complexity index is 379. The van der Waals surface area contributed by atoms with Crippen molar-refractivity contribution in [3.8, 4) is 0 Å². The molecule has 0 aliphatic heterocycles. The van der Waals surface area contributed by atoms with E-state index in [9.17, 15) is 0 Å². The largest absolute Gasteiger partial charge is 0.382 e. The number of rotatable bonds is 7. The lowest BCUT2D eigenvalue weighted by molar-refractivity contribution is 0.145. The van der Waals surface area contributed by atoms with E-state index < -0.39 is 0 Å². The van der Waals surface area contributed by atoms with E-state index in [2.05, 4.69) is 15.3 Å². The lowest BCUT2D eigenvalue weighted by atomic mass is 10.3. The predicted molar refractivity (Wildman–Crippen MR) is 73.4 cm³/mol. The summed E-state index contributed by atoms with van der Waals surface area (Å²) < 4.78 is 5.23. The summed E-state index contributed by atoms with van der Waals surface area (Å²) in [5.74, 6) is 0.454. The first-order chi connectivity index (χ1) is 8.72. The van der Waals surface area contributed by atoms with Crippen molar-refractivity contribution in [2.45, 2.75) is 26.8 Å². The molecule has 0 unspecified atom stereocenters. The van der Waals surface area contributed by atoms with Gasteiger partial charge in [-0.25, -0.2) is 4.99 Å². The Hall–Kier alpha value is -1.62. The number of guanidine groups is 1. The predicted octanol–water partition coefficient (Wildman–Crippen LogP) is 1.22. The van der Waals surface area contributed by atoms with Crippen molar-refractivity contribution in [1.29, 1.82) is 0 Å². The molecule has 0 saturated heterocycles. The molecular weight excluding hydrogens is 228 g/mol. The van der Waals surface area contributed by atoms with Crippen molar-refractivity contribution in [2.24, 2.45) is 10.7 Å². The van der Waals surface area contributed by atoms with E-state index in [0.29, 0.717) is 12.5 Å². The van der Waals surface area contributed by atoms with Gasteiger partial charge in [-0.15, -0.1) is 0 Å². The van der Waals surface area contributed by atoms with E-state index in [4.69, 9.17) is 10.5 Å². The Morgan fingerprint density at radius 3 is 3.06 bits per heavy atom. The third kappa shape index (κ3) is 6.20. The molecule has 1 aromatic rings. The van der Waals surface area contributed by atoms with Gasteiger partial charge in [-0.3, -0.25) is 4.98 Å². The van der Waals surface area contributed by atoms with E-state index in [-0.39, 0.29) is 0 Å². The van der Waals surface area contributed by atoms with Crippen LogP contribution in [0.3, 0.4) is 0 Å². The van der Waals surface area contributed by atoms with Crippen molar-refractivity contribution in [3.05, 3.63) is 29.6 Å². The van der Waals surface area contributed by atoms with Crippen LogP contribution in [0.15, 0.2) is 23.2 Å². The van der Waals surface area contributed by atoms with E-state index >= 15 is 0 Å². The molecule has 1 aromatic heterocycles. The average molecular weight is 250 g/mol. The summed E-state index contributed by atoms with van der Waals surface area (Å²) >= 11 is 0. The Balaban J connectivity index is 2.25. The molecule has 5 nitrogen and oxygen atoms in total. The number of hydrogen-bond acceptors (Lipinski definition) is 3. The molecule has 0 saturated carbocycles. The summed E-state index contributed by atoms with van der Waals surface area (Å²) in [6, 6.07) is 5.88. The van der Waals surface area contributed by atoms with Gasteiger partial charge in [0.25, 0.3) is 0 Å². The Morgan fingerprint density at radius 1 is 1.50 bits per heavy atom. The van der Waals surface area contributed by atoms with Gasteiger partial charge >= 0.3 is 0 Å². The molecule has 1 rings (SSSR count). The van der Waals surface area contributed by atoms with Crippen LogP contribution < -0.4 is 11.1 Å². The topological polar surface area (TPSA) is 72.5 Å². The highest BCUT2D eigenvalue weighted by molar-refractivity contribution is 5.77. The number of aromatic nitrogens is 1. The molecule has 0 aromatic carbocycles. The van der Waals surface area contributed by atoms with Crippen LogP contribution in [0.4, 0.5) is 0 Å². The summed E-state index contributed by atoms with van der Waals surface area (Å²) in [4.78, 5) is 8.59. The molecule has 5 heteroatoms. The van der Waals surface area contributed by atoms with E-state index in [1.165, 1.54) is 0 Å². The average Bonchev–Trinajstić information content (AvgIpc) is 2.36. The number of ether oxygens (including phenoxy) is 1. The molecule has 100 valence electrons. The van der Waals surface area contributed by atoms with Crippen LogP contribution >= 0.6 is 0 Å². The van der Waals surface area contributed by atoms with Gasteiger partial charge in [0.2, 0.25) is 0 Å². The SMILES string of the molecule is CCOCCCNC(N)=NCc1cccc(C)n1. The first-order valence-corrected chi connectivity index (χ1v) is 6.26. The summed E-state index contributed by atoms with van der Waals surface area (Å²) in [5.41, 5.74) is 7.66. The van der Waals surface area contributed by atoms with E-state index in [0.717, 1.165) is 37.6 Å². The standard InChI is InChI=1S/C13H22N4O/c1-3-18-9-5-8-15-13(14)16-10-12-7-4-6-11(2)17-12/h4,6-7H,3,5,8-10H2,1-2H3,(H3,14,15,16). The van der Waals surface area contributed by atoms with Crippen LogP contribution in [0.1, 0.15) is 24.7 Å². The summed E-state index contributed by atoms with van der Waals surface area (Å²) in [7, 11) is 0. The monoisotopic (exact) mass is 250 g/mol. The summed E-state index contributed by atoms with van der Waals surface area (Å²) in [6.45, 7) is 6.72. The van der Waals surface area contributed by atoms with Gasteiger partial charge in [0.1, 0.15) is 0 Å². The lowest BCUT2D eigenvalue weighted by Crippen LogP contribution is -2.32. The van der Waals surface area contributed by atoms with Crippen molar-refractivity contribution < 1.29 is 4.74 Å². The van der Waals surface area contributed by atoms with Gasteiger partial charge in [0.05, 0.1) is 12.2 Å². The van der Waals surface area contributed by atoms with Crippen LogP contribution in [0.5, 0.6) is 0 Å². The Morgan fingerprint density at radius 2 is 2.33 bits per heavy atom. The number of pyridine rings is 1. The number of hydrogen-bond donors (Lipinski definition) is 2. The first kappa shape index (κ1) is 14.4. The highest BCUT2D eigenvalue weighted by Crippen LogP contribution is 1.99. The maximum Gasteiger partial charge on any atom is 0.188 e. The second kappa shape index (κ2) is 8.47. The van der Waals surface area contributed by atoms with Crippen LogP contribution in [-0.4, -0.2) is 30.7 Å². The maximum absolute atomic E-state index is 5.74. The van der Waals surface area contributed by atoms with Crippen LogP contribution in [0, 0.1) is 6.92 Å². The molecular formula is C13H22N4O. The highest BCUT2D eigenvalue weighted by atomic mass is 16.5. The molecule has 1 heterocycles. The van der Waals surface area contributed by atoms with Gasteiger partial charge in [-0.2, -0.15) is 0 Å². The van der Waals surface area contributed by atoms with Crippen LogP contribution in [-0.2, 0) is 11.3 Å². The third-order valence-corrected chi connectivity index (χ3v) is 2.33. The molecule has 0 bridgehead atoms. The number of nitrogens with zero attached hydrogens (tertiary/aromatic N) is 2. The van der Waals surface area contributed by atoms with Gasteiger partial charge in [0.15, 0.2) is 5.96 Å². The fourth-order valence-electron chi connectivity index (χ4n) is 1.44. The van der Waals surface area contributed by atoms with Crippen molar-refractivity contribution in [2.75, 3.05) is 19.8 Å². The molecule has 0 amide bonds. The quantitative estimate of drug-likeness (QED) is 0.433. The fraction of sp³-hybridized carbons (Fsp3) is 0.538. The lowest BCUT2D eigenvalue weighted by Gasteiger charge is -2.05. The van der Waals surface area contributed by atoms with Gasteiger partial charge in [-0.1, -0.05) is 6.07 Å². The van der Waals surface area contributed by atoms with Crippen molar-refractivity contribution in [3.63, 3.8) is 0 Å². The molecule has 0 atom stereocenters. The second-order valence-corrected chi connectivity index (χ2v) is 3.95. The normalized spacial score (nSPS) is 11.6. The van der Waals surface area contributed by atoms with Crippen molar-refractivity contribution in [1.82, 2.24) is 10.3 Å².